The maximum atomic E-state index is 11.7. The highest BCUT2D eigenvalue weighted by molar-refractivity contribution is 7.13. The first-order valence-electron chi connectivity index (χ1n) is 6.37. The highest BCUT2D eigenvalue weighted by Gasteiger charge is 2.16. The van der Waals surface area contributed by atoms with Crippen molar-refractivity contribution in [1.82, 2.24) is 10.6 Å². The molecule has 1 saturated heterocycles. The van der Waals surface area contributed by atoms with Gasteiger partial charge in [-0.15, -0.1) is 11.3 Å². The number of hydrogen-bond donors (Lipinski definition) is 2. The molecule has 1 aromatic rings. The molecular weight excluding hydrogens is 264 g/mol. The van der Waals surface area contributed by atoms with E-state index in [-0.39, 0.29) is 24.4 Å². The van der Waals surface area contributed by atoms with Gasteiger partial charge in [0.25, 0.3) is 5.91 Å². The molecule has 2 N–H and O–H groups in total. The van der Waals surface area contributed by atoms with Gasteiger partial charge in [-0.3, -0.25) is 9.59 Å². The Morgan fingerprint density at radius 2 is 2.32 bits per heavy atom. The van der Waals surface area contributed by atoms with Gasteiger partial charge >= 0.3 is 0 Å². The lowest BCUT2D eigenvalue weighted by atomic mass is 10.1. The normalized spacial score (nSPS) is 18.9. The maximum absolute atomic E-state index is 11.7. The first-order valence-corrected chi connectivity index (χ1v) is 7.18. The number of carbonyl (C=O) groups is 2. The maximum Gasteiger partial charge on any atom is 0.261 e. The highest BCUT2D eigenvalue weighted by Crippen LogP contribution is 2.14. The van der Waals surface area contributed by atoms with E-state index in [9.17, 15) is 9.59 Å². The summed E-state index contributed by atoms with van der Waals surface area (Å²) in [5.41, 5.74) is 0. The average Bonchev–Trinajstić information content (AvgIpc) is 2.84. The monoisotopic (exact) mass is 282 g/mol. The second kappa shape index (κ2) is 6.68. The third-order valence-electron chi connectivity index (χ3n) is 2.90. The summed E-state index contributed by atoms with van der Waals surface area (Å²) in [5.74, 6) is -0.370. The predicted octanol–water partition coefficient (Wildman–Crippen LogP) is 1.08. The molecule has 0 aliphatic carbocycles. The van der Waals surface area contributed by atoms with E-state index >= 15 is 0 Å². The van der Waals surface area contributed by atoms with Gasteiger partial charge in [0.1, 0.15) is 0 Å². The molecule has 1 aliphatic rings. The van der Waals surface area contributed by atoms with Crippen LogP contribution >= 0.6 is 11.3 Å². The SMILES string of the molecule is Cc1ccc(C(=O)NCC(=O)NC2CCCOC2)s1. The van der Waals surface area contributed by atoms with E-state index in [1.54, 1.807) is 6.07 Å². The van der Waals surface area contributed by atoms with Crippen LogP contribution in [-0.4, -0.2) is 37.6 Å². The Balaban J connectivity index is 1.72. The highest BCUT2D eigenvalue weighted by atomic mass is 32.1. The lowest BCUT2D eigenvalue weighted by Crippen LogP contribution is -2.45. The predicted molar refractivity (Wildman–Crippen MR) is 73.4 cm³/mol. The zero-order chi connectivity index (χ0) is 13.7. The van der Waals surface area contributed by atoms with Crippen molar-refractivity contribution in [2.45, 2.75) is 25.8 Å². The Labute approximate surface area is 116 Å². The van der Waals surface area contributed by atoms with E-state index in [1.807, 2.05) is 13.0 Å². The summed E-state index contributed by atoms with van der Waals surface area (Å²) in [6.45, 7) is 3.27. The largest absolute Gasteiger partial charge is 0.379 e. The summed E-state index contributed by atoms with van der Waals surface area (Å²) in [4.78, 5) is 25.1. The molecule has 2 heterocycles. The average molecular weight is 282 g/mol. The van der Waals surface area contributed by atoms with Gasteiger partial charge in [-0.2, -0.15) is 0 Å². The number of carbonyl (C=O) groups excluding carboxylic acids is 2. The van der Waals surface area contributed by atoms with Gasteiger partial charge in [0.2, 0.25) is 5.91 Å². The lowest BCUT2D eigenvalue weighted by Gasteiger charge is -2.23. The minimum Gasteiger partial charge on any atom is -0.379 e. The first kappa shape index (κ1) is 14.0. The molecule has 2 amide bonds. The molecule has 1 fully saturated rings. The summed E-state index contributed by atoms with van der Waals surface area (Å²) in [5, 5.41) is 5.48. The molecule has 1 atom stereocenters. The van der Waals surface area contributed by atoms with Crippen LogP contribution in [0.15, 0.2) is 12.1 Å². The summed E-state index contributed by atoms with van der Waals surface area (Å²) in [6.07, 6.45) is 1.90. The lowest BCUT2D eigenvalue weighted by molar-refractivity contribution is -0.121. The number of hydrogen-bond acceptors (Lipinski definition) is 4. The molecule has 1 aromatic heterocycles. The number of amides is 2. The smallest absolute Gasteiger partial charge is 0.261 e. The van der Waals surface area contributed by atoms with Crippen molar-refractivity contribution in [3.63, 3.8) is 0 Å². The van der Waals surface area contributed by atoms with Crippen molar-refractivity contribution >= 4 is 23.2 Å². The van der Waals surface area contributed by atoms with Crippen LogP contribution in [0, 0.1) is 6.92 Å². The number of nitrogens with one attached hydrogen (secondary N) is 2. The van der Waals surface area contributed by atoms with E-state index in [0.717, 1.165) is 24.3 Å². The van der Waals surface area contributed by atoms with Crippen LogP contribution in [0.1, 0.15) is 27.4 Å². The van der Waals surface area contributed by atoms with Crippen LogP contribution in [-0.2, 0) is 9.53 Å². The van der Waals surface area contributed by atoms with Crippen LogP contribution in [0.5, 0.6) is 0 Å². The van der Waals surface area contributed by atoms with E-state index in [2.05, 4.69) is 10.6 Å². The van der Waals surface area contributed by atoms with Gasteiger partial charge in [0.05, 0.1) is 24.1 Å². The summed E-state index contributed by atoms with van der Waals surface area (Å²) < 4.78 is 5.28. The number of thiophene rings is 1. The van der Waals surface area contributed by atoms with Crippen molar-refractivity contribution in [2.24, 2.45) is 0 Å². The minimum absolute atomic E-state index is 0.00623. The van der Waals surface area contributed by atoms with Crippen LogP contribution in [0.25, 0.3) is 0 Å². The van der Waals surface area contributed by atoms with Gasteiger partial charge in [0, 0.05) is 11.5 Å². The van der Waals surface area contributed by atoms with Crippen molar-refractivity contribution < 1.29 is 14.3 Å². The molecule has 6 heteroatoms. The molecule has 5 nitrogen and oxygen atoms in total. The van der Waals surface area contributed by atoms with E-state index in [4.69, 9.17) is 4.74 Å². The summed E-state index contributed by atoms with van der Waals surface area (Å²) in [7, 11) is 0. The molecule has 19 heavy (non-hydrogen) atoms. The fraction of sp³-hybridized carbons (Fsp3) is 0.538. The van der Waals surface area contributed by atoms with Crippen molar-refractivity contribution in [1.29, 1.82) is 0 Å². The molecule has 1 aliphatic heterocycles. The van der Waals surface area contributed by atoms with E-state index in [0.29, 0.717) is 11.5 Å². The fourth-order valence-corrected chi connectivity index (χ4v) is 2.72. The molecule has 0 radical (unpaired) electrons. The molecule has 2 rings (SSSR count). The van der Waals surface area contributed by atoms with E-state index in [1.165, 1.54) is 11.3 Å². The molecule has 0 aromatic carbocycles. The number of ether oxygens (including phenoxy) is 1. The second-order valence-corrected chi connectivity index (χ2v) is 5.86. The van der Waals surface area contributed by atoms with Crippen molar-refractivity contribution in [2.75, 3.05) is 19.8 Å². The molecule has 104 valence electrons. The zero-order valence-corrected chi connectivity index (χ0v) is 11.7. The Kier molecular flexibility index (Phi) is 4.93. The first-order chi connectivity index (χ1) is 9.15. The second-order valence-electron chi connectivity index (χ2n) is 4.57. The fourth-order valence-electron chi connectivity index (χ4n) is 1.94. The number of rotatable bonds is 4. The molecular formula is C13H18N2O3S. The topological polar surface area (TPSA) is 67.4 Å². The third kappa shape index (κ3) is 4.33. The zero-order valence-electron chi connectivity index (χ0n) is 10.9. The van der Waals surface area contributed by atoms with Gasteiger partial charge < -0.3 is 15.4 Å². The number of aryl methyl sites for hydroxylation is 1. The molecule has 0 bridgehead atoms. The third-order valence-corrected chi connectivity index (χ3v) is 3.90. The molecule has 0 saturated carbocycles. The minimum atomic E-state index is -0.201. The Morgan fingerprint density at radius 1 is 1.47 bits per heavy atom. The molecule has 0 spiro atoms. The van der Waals surface area contributed by atoms with Gasteiger partial charge in [-0.25, -0.2) is 0 Å². The molecule has 1 unspecified atom stereocenters. The Morgan fingerprint density at radius 3 is 2.95 bits per heavy atom. The quantitative estimate of drug-likeness (QED) is 0.868. The van der Waals surface area contributed by atoms with Crippen molar-refractivity contribution in [3.05, 3.63) is 21.9 Å². The van der Waals surface area contributed by atoms with Gasteiger partial charge in [-0.05, 0) is 31.9 Å². The van der Waals surface area contributed by atoms with Gasteiger partial charge in [0.15, 0.2) is 0 Å². The van der Waals surface area contributed by atoms with Gasteiger partial charge in [-0.1, -0.05) is 0 Å². The van der Waals surface area contributed by atoms with Crippen LogP contribution in [0.4, 0.5) is 0 Å². The van der Waals surface area contributed by atoms with Crippen LogP contribution in [0.2, 0.25) is 0 Å². The van der Waals surface area contributed by atoms with Crippen LogP contribution < -0.4 is 10.6 Å². The standard InChI is InChI=1S/C13H18N2O3S/c1-9-4-5-11(19-9)13(17)14-7-12(16)15-10-3-2-6-18-8-10/h4-5,10H,2-3,6-8H2,1H3,(H,14,17)(H,15,16). The summed E-state index contributed by atoms with van der Waals surface area (Å²) >= 11 is 1.42. The van der Waals surface area contributed by atoms with Crippen LogP contribution in [0.3, 0.4) is 0 Å². The van der Waals surface area contributed by atoms with Crippen molar-refractivity contribution in [3.8, 4) is 0 Å². The Bertz CT molecular complexity index is 452. The summed E-state index contributed by atoms with van der Waals surface area (Å²) in [6, 6.07) is 3.73. The Hall–Kier alpha value is -1.40. The van der Waals surface area contributed by atoms with E-state index < -0.39 is 0 Å².